The minimum Gasteiger partial charge on any atom is -0.449 e. The van der Waals surface area contributed by atoms with Crippen LogP contribution in [0.4, 0.5) is 0 Å². The lowest BCUT2D eigenvalue weighted by Gasteiger charge is -2.10. The summed E-state index contributed by atoms with van der Waals surface area (Å²) in [6, 6.07) is 7.03. The van der Waals surface area contributed by atoms with Crippen molar-refractivity contribution in [3.63, 3.8) is 0 Å². The maximum absolute atomic E-state index is 12.1. The van der Waals surface area contributed by atoms with E-state index >= 15 is 0 Å². The van der Waals surface area contributed by atoms with Gasteiger partial charge in [-0.1, -0.05) is 0 Å². The lowest BCUT2D eigenvalue weighted by atomic mass is 10.2. The van der Waals surface area contributed by atoms with Gasteiger partial charge in [0.05, 0.1) is 11.9 Å². The van der Waals surface area contributed by atoms with Crippen molar-refractivity contribution in [1.82, 2.24) is 19.7 Å². The van der Waals surface area contributed by atoms with Crippen molar-refractivity contribution in [2.45, 2.75) is 20.0 Å². The molecule has 0 aliphatic carbocycles. The molecule has 7 heteroatoms. The maximum atomic E-state index is 12.1. The number of esters is 1. The fourth-order valence-electron chi connectivity index (χ4n) is 1.94. The topological polar surface area (TPSA) is 83.0 Å². The second-order valence-electron chi connectivity index (χ2n) is 4.72. The number of rotatable bonds is 4. The predicted octanol–water partition coefficient (Wildman–Crippen LogP) is 2.48. The first kappa shape index (κ1) is 14.0. The van der Waals surface area contributed by atoms with Gasteiger partial charge >= 0.3 is 5.97 Å². The molecule has 7 nitrogen and oxygen atoms in total. The summed E-state index contributed by atoms with van der Waals surface area (Å²) in [6.45, 7) is 3.37. The number of hydrogen-bond donors (Lipinski definition) is 0. The summed E-state index contributed by atoms with van der Waals surface area (Å²) in [5.41, 5.74) is 1.36. The van der Waals surface area contributed by atoms with E-state index in [2.05, 4.69) is 15.2 Å². The standard InChI is InChI=1S/C15H14N4O3/c1-10(14-18-17-11(2)22-14)21-15(20)12-3-5-13(6-4-12)19-8-7-16-9-19/h3-10H,1-2H3/t10-/m0/s1. The molecule has 1 aromatic carbocycles. The van der Waals surface area contributed by atoms with Gasteiger partial charge in [-0.15, -0.1) is 10.2 Å². The Bertz CT molecular complexity index is 762. The first-order chi connectivity index (χ1) is 10.6. The fraction of sp³-hybridized carbons (Fsp3) is 0.200. The van der Waals surface area contributed by atoms with E-state index < -0.39 is 12.1 Å². The van der Waals surface area contributed by atoms with Crippen LogP contribution in [0, 0.1) is 6.92 Å². The highest BCUT2D eigenvalue weighted by Crippen LogP contribution is 2.18. The SMILES string of the molecule is Cc1nnc([C@H](C)OC(=O)c2ccc(-n3ccnc3)cc2)o1. The van der Waals surface area contributed by atoms with Crippen molar-refractivity contribution in [2.24, 2.45) is 0 Å². The molecule has 0 amide bonds. The van der Waals surface area contributed by atoms with Crippen LogP contribution in [0.15, 0.2) is 47.4 Å². The molecule has 0 aliphatic rings. The molecule has 3 rings (SSSR count). The van der Waals surface area contributed by atoms with Crippen molar-refractivity contribution < 1.29 is 13.9 Å². The van der Waals surface area contributed by atoms with Crippen LogP contribution in [-0.4, -0.2) is 25.7 Å². The molecule has 3 aromatic rings. The zero-order valence-corrected chi connectivity index (χ0v) is 12.1. The second-order valence-corrected chi connectivity index (χ2v) is 4.72. The third-order valence-electron chi connectivity index (χ3n) is 3.08. The Morgan fingerprint density at radius 1 is 1.27 bits per heavy atom. The van der Waals surface area contributed by atoms with Gasteiger partial charge in [-0.05, 0) is 31.2 Å². The Hall–Kier alpha value is -2.96. The van der Waals surface area contributed by atoms with Gasteiger partial charge in [0.1, 0.15) is 0 Å². The highest BCUT2D eigenvalue weighted by atomic mass is 16.6. The normalized spacial score (nSPS) is 12.1. The van der Waals surface area contributed by atoms with Gasteiger partial charge in [0.15, 0.2) is 6.10 Å². The highest BCUT2D eigenvalue weighted by molar-refractivity contribution is 5.89. The molecular formula is C15H14N4O3. The third kappa shape index (κ3) is 2.88. The van der Waals surface area contributed by atoms with E-state index in [1.165, 1.54) is 0 Å². The predicted molar refractivity (Wildman–Crippen MR) is 76.4 cm³/mol. The number of hydrogen-bond acceptors (Lipinski definition) is 6. The Kier molecular flexibility index (Phi) is 3.69. The van der Waals surface area contributed by atoms with Crippen molar-refractivity contribution in [2.75, 3.05) is 0 Å². The van der Waals surface area contributed by atoms with E-state index in [1.54, 1.807) is 38.5 Å². The molecule has 0 N–H and O–H groups in total. The molecule has 22 heavy (non-hydrogen) atoms. The molecule has 112 valence electrons. The summed E-state index contributed by atoms with van der Waals surface area (Å²) in [5.74, 6) is 0.268. The average Bonchev–Trinajstić information content (AvgIpc) is 3.18. The number of nitrogens with zero attached hydrogens (tertiary/aromatic N) is 4. The van der Waals surface area contributed by atoms with Gasteiger partial charge in [0.2, 0.25) is 5.89 Å². The Balaban J connectivity index is 1.70. The lowest BCUT2D eigenvalue weighted by molar-refractivity contribution is 0.0277. The molecule has 2 heterocycles. The fourth-order valence-corrected chi connectivity index (χ4v) is 1.94. The van der Waals surface area contributed by atoms with Crippen LogP contribution in [0.3, 0.4) is 0 Å². The number of benzene rings is 1. The molecule has 0 radical (unpaired) electrons. The summed E-state index contributed by atoms with van der Waals surface area (Å²) in [6.07, 6.45) is 4.61. The monoisotopic (exact) mass is 298 g/mol. The first-order valence-corrected chi connectivity index (χ1v) is 6.73. The number of ether oxygens (including phenoxy) is 1. The molecule has 0 bridgehead atoms. The van der Waals surface area contributed by atoms with Crippen LogP contribution >= 0.6 is 0 Å². The molecule has 2 aromatic heterocycles. The Morgan fingerprint density at radius 2 is 2.05 bits per heavy atom. The van der Waals surface area contributed by atoms with Gasteiger partial charge < -0.3 is 13.7 Å². The molecule has 0 aliphatic heterocycles. The number of carbonyl (C=O) groups excluding carboxylic acids is 1. The molecule has 0 fully saturated rings. The van der Waals surface area contributed by atoms with E-state index in [0.717, 1.165) is 5.69 Å². The third-order valence-corrected chi connectivity index (χ3v) is 3.08. The Labute approximate surface area is 126 Å². The molecule has 1 atom stereocenters. The van der Waals surface area contributed by atoms with Crippen LogP contribution in [-0.2, 0) is 4.74 Å². The van der Waals surface area contributed by atoms with E-state index in [4.69, 9.17) is 9.15 Å². The van der Waals surface area contributed by atoms with E-state index in [-0.39, 0.29) is 5.89 Å². The number of aromatic nitrogens is 4. The van der Waals surface area contributed by atoms with E-state index in [1.807, 2.05) is 22.9 Å². The van der Waals surface area contributed by atoms with Gasteiger partial charge in [-0.2, -0.15) is 0 Å². The minimum absolute atomic E-state index is 0.279. The number of imidazole rings is 1. The van der Waals surface area contributed by atoms with Gasteiger partial charge in [0.25, 0.3) is 5.89 Å². The van der Waals surface area contributed by atoms with Crippen LogP contribution in [0.5, 0.6) is 0 Å². The molecule has 0 saturated carbocycles. The van der Waals surface area contributed by atoms with Crippen LogP contribution < -0.4 is 0 Å². The summed E-state index contributed by atoms with van der Waals surface area (Å²) < 4.78 is 12.4. The van der Waals surface area contributed by atoms with Gasteiger partial charge in [-0.25, -0.2) is 9.78 Å². The lowest BCUT2D eigenvalue weighted by Crippen LogP contribution is -2.09. The van der Waals surface area contributed by atoms with Crippen LogP contribution in [0.25, 0.3) is 5.69 Å². The van der Waals surface area contributed by atoms with Crippen molar-refractivity contribution in [3.8, 4) is 5.69 Å². The minimum atomic E-state index is -0.595. The average molecular weight is 298 g/mol. The Morgan fingerprint density at radius 3 is 2.64 bits per heavy atom. The smallest absolute Gasteiger partial charge is 0.338 e. The quantitative estimate of drug-likeness (QED) is 0.688. The molecule has 0 saturated heterocycles. The molecule has 0 unspecified atom stereocenters. The zero-order valence-electron chi connectivity index (χ0n) is 12.1. The first-order valence-electron chi connectivity index (χ1n) is 6.73. The summed E-state index contributed by atoms with van der Waals surface area (Å²) >= 11 is 0. The zero-order chi connectivity index (χ0) is 15.5. The van der Waals surface area contributed by atoms with Crippen LogP contribution in [0.2, 0.25) is 0 Å². The second kappa shape index (κ2) is 5.80. The molecular weight excluding hydrogens is 284 g/mol. The van der Waals surface area contributed by atoms with E-state index in [9.17, 15) is 4.79 Å². The van der Waals surface area contributed by atoms with Gasteiger partial charge in [0, 0.05) is 25.0 Å². The van der Waals surface area contributed by atoms with Crippen molar-refractivity contribution in [1.29, 1.82) is 0 Å². The largest absolute Gasteiger partial charge is 0.449 e. The van der Waals surface area contributed by atoms with Crippen LogP contribution in [0.1, 0.15) is 35.2 Å². The summed E-state index contributed by atoms with van der Waals surface area (Å²) in [5, 5.41) is 7.55. The maximum Gasteiger partial charge on any atom is 0.338 e. The van der Waals surface area contributed by atoms with E-state index in [0.29, 0.717) is 11.5 Å². The van der Waals surface area contributed by atoms with Crippen molar-refractivity contribution >= 4 is 5.97 Å². The van der Waals surface area contributed by atoms with Crippen molar-refractivity contribution in [3.05, 3.63) is 60.3 Å². The number of aryl methyl sites for hydroxylation is 1. The highest BCUT2D eigenvalue weighted by Gasteiger charge is 2.18. The number of carbonyl (C=O) groups is 1. The molecule has 0 spiro atoms. The van der Waals surface area contributed by atoms with Gasteiger partial charge in [-0.3, -0.25) is 0 Å². The summed E-state index contributed by atoms with van der Waals surface area (Å²) in [7, 11) is 0. The summed E-state index contributed by atoms with van der Waals surface area (Å²) in [4.78, 5) is 16.1.